The average molecular weight is 434 g/mol. The van der Waals surface area contributed by atoms with Gasteiger partial charge in [-0.1, -0.05) is 42.0 Å². The number of hydrogen-bond acceptors (Lipinski definition) is 3. The minimum Gasteiger partial charge on any atom is -0.497 e. The van der Waals surface area contributed by atoms with Gasteiger partial charge in [-0.05, 0) is 80.0 Å². The van der Waals surface area contributed by atoms with Crippen molar-refractivity contribution in [3.05, 3.63) is 65.2 Å². The van der Waals surface area contributed by atoms with Gasteiger partial charge in [-0.15, -0.1) is 0 Å². The molecule has 32 heavy (non-hydrogen) atoms. The summed E-state index contributed by atoms with van der Waals surface area (Å²) in [4.78, 5) is 16.3. The Morgan fingerprint density at radius 3 is 2.69 bits per heavy atom. The molecule has 2 aromatic carbocycles. The Morgan fingerprint density at radius 2 is 1.91 bits per heavy atom. The first-order valence-electron chi connectivity index (χ1n) is 12.2. The smallest absolute Gasteiger partial charge is 0.233 e. The summed E-state index contributed by atoms with van der Waals surface area (Å²) in [6.45, 7) is 5.28. The van der Waals surface area contributed by atoms with E-state index < -0.39 is 5.41 Å². The Hall–Kier alpha value is -2.33. The second kappa shape index (κ2) is 8.90. The van der Waals surface area contributed by atoms with E-state index >= 15 is 0 Å². The quantitative estimate of drug-likeness (QED) is 0.681. The van der Waals surface area contributed by atoms with Gasteiger partial charge in [0.2, 0.25) is 5.91 Å². The molecule has 0 spiro atoms. The lowest BCUT2D eigenvalue weighted by Gasteiger charge is -2.39. The summed E-state index contributed by atoms with van der Waals surface area (Å²) < 4.78 is 11.1. The van der Waals surface area contributed by atoms with Crippen molar-refractivity contribution in [1.29, 1.82) is 0 Å². The van der Waals surface area contributed by atoms with Crippen LogP contribution in [0.2, 0.25) is 0 Å². The van der Waals surface area contributed by atoms with Gasteiger partial charge < -0.3 is 14.4 Å². The maximum atomic E-state index is 14.1. The van der Waals surface area contributed by atoms with Gasteiger partial charge in [-0.3, -0.25) is 4.79 Å². The highest BCUT2D eigenvalue weighted by Crippen LogP contribution is 2.46. The number of nitrogens with zero attached hydrogens (tertiary/aromatic N) is 1. The summed E-state index contributed by atoms with van der Waals surface area (Å²) in [5.41, 5.74) is 3.32. The molecule has 1 saturated carbocycles. The van der Waals surface area contributed by atoms with E-state index in [9.17, 15) is 4.79 Å². The monoisotopic (exact) mass is 433 g/mol. The van der Waals surface area contributed by atoms with Crippen molar-refractivity contribution in [2.45, 2.75) is 44.4 Å². The normalized spacial score (nSPS) is 26.7. The van der Waals surface area contributed by atoms with Gasteiger partial charge >= 0.3 is 0 Å². The maximum absolute atomic E-state index is 14.1. The van der Waals surface area contributed by atoms with Crippen LogP contribution in [0.5, 0.6) is 5.75 Å². The molecule has 170 valence electrons. The molecular weight excluding hydrogens is 398 g/mol. The number of carbonyl (C=O) groups is 1. The van der Waals surface area contributed by atoms with E-state index in [1.807, 2.05) is 6.07 Å². The number of benzene rings is 2. The fraction of sp³-hybridized carbons (Fsp3) is 0.536. The largest absolute Gasteiger partial charge is 0.497 e. The van der Waals surface area contributed by atoms with E-state index in [-0.39, 0.29) is 0 Å². The minimum absolute atomic E-state index is 0.334. The molecule has 0 bridgehead atoms. The molecule has 3 aliphatic rings. The van der Waals surface area contributed by atoms with Crippen molar-refractivity contribution in [2.24, 2.45) is 17.8 Å². The molecular formula is C28H35NO3. The molecule has 1 amide bonds. The molecule has 3 fully saturated rings. The van der Waals surface area contributed by atoms with Crippen LogP contribution in [0.15, 0.2) is 48.5 Å². The zero-order valence-electron chi connectivity index (χ0n) is 19.4. The number of ether oxygens (including phenoxy) is 2. The highest BCUT2D eigenvalue weighted by atomic mass is 16.5. The lowest BCUT2D eigenvalue weighted by Crippen LogP contribution is -2.49. The van der Waals surface area contributed by atoms with E-state index in [0.29, 0.717) is 36.9 Å². The van der Waals surface area contributed by atoms with Crippen molar-refractivity contribution in [3.8, 4) is 5.75 Å². The molecule has 0 radical (unpaired) electrons. The second-order valence-electron chi connectivity index (χ2n) is 10.1. The molecule has 1 aliphatic carbocycles. The SMILES string of the molecule is COc1cccc(C[C@H]2CC[C@@H]3CN(C(=O)C4(c5cccc(C)c5)CCOCC4)C[C@H]23)c1. The first-order valence-corrected chi connectivity index (χ1v) is 12.2. The molecule has 3 atom stereocenters. The molecule has 0 unspecified atom stereocenters. The van der Waals surface area contributed by atoms with Crippen LogP contribution >= 0.6 is 0 Å². The molecule has 0 N–H and O–H groups in total. The third-order valence-electron chi connectivity index (χ3n) is 8.25. The van der Waals surface area contributed by atoms with E-state index in [2.05, 4.69) is 54.3 Å². The van der Waals surface area contributed by atoms with Crippen LogP contribution in [-0.2, 0) is 21.4 Å². The van der Waals surface area contributed by atoms with Crippen LogP contribution in [0.1, 0.15) is 42.4 Å². The summed E-state index contributed by atoms with van der Waals surface area (Å²) in [7, 11) is 1.73. The van der Waals surface area contributed by atoms with E-state index in [0.717, 1.165) is 38.1 Å². The van der Waals surface area contributed by atoms with Gasteiger partial charge in [-0.25, -0.2) is 0 Å². The van der Waals surface area contributed by atoms with Gasteiger partial charge in [-0.2, -0.15) is 0 Å². The van der Waals surface area contributed by atoms with Gasteiger partial charge in [0.15, 0.2) is 0 Å². The molecule has 4 heteroatoms. The number of fused-ring (bicyclic) bond motifs is 1. The van der Waals surface area contributed by atoms with Gasteiger partial charge in [0.25, 0.3) is 0 Å². The first-order chi connectivity index (χ1) is 15.6. The summed E-state index contributed by atoms with van der Waals surface area (Å²) in [5.74, 6) is 3.17. The van der Waals surface area contributed by atoms with Crippen molar-refractivity contribution in [1.82, 2.24) is 4.90 Å². The van der Waals surface area contributed by atoms with E-state index in [1.54, 1.807) is 7.11 Å². The maximum Gasteiger partial charge on any atom is 0.233 e. The van der Waals surface area contributed by atoms with Crippen LogP contribution in [0.4, 0.5) is 0 Å². The summed E-state index contributed by atoms with van der Waals surface area (Å²) >= 11 is 0. The molecule has 2 aliphatic heterocycles. The number of rotatable bonds is 5. The Labute approximate surface area is 191 Å². The van der Waals surface area contributed by atoms with Gasteiger partial charge in [0.1, 0.15) is 5.75 Å². The van der Waals surface area contributed by atoms with E-state index in [1.165, 1.54) is 29.5 Å². The lowest BCUT2D eigenvalue weighted by molar-refractivity contribution is -0.140. The van der Waals surface area contributed by atoms with Gasteiger partial charge in [0.05, 0.1) is 12.5 Å². The fourth-order valence-electron chi connectivity index (χ4n) is 6.49. The van der Waals surface area contributed by atoms with Crippen molar-refractivity contribution in [3.63, 3.8) is 0 Å². The van der Waals surface area contributed by atoms with Crippen LogP contribution in [-0.4, -0.2) is 44.2 Å². The third-order valence-corrected chi connectivity index (χ3v) is 8.25. The highest BCUT2D eigenvalue weighted by molar-refractivity contribution is 5.89. The second-order valence-corrected chi connectivity index (χ2v) is 10.1. The number of amides is 1. The Kier molecular flexibility index (Phi) is 5.98. The number of hydrogen-bond donors (Lipinski definition) is 0. The third kappa shape index (κ3) is 3.94. The Balaban J connectivity index is 1.34. The first kappa shape index (κ1) is 21.5. The minimum atomic E-state index is -0.425. The number of likely N-dealkylation sites (tertiary alicyclic amines) is 1. The summed E-state index contributed by atoms with van der Waals surface area (Å²) in [5, 5.41) is 0. The average Bonchev–Trinajstić information content (AvgIpc) is 3.41. The van der Waals surface area contributed by atoms with Crippen LogP contribution < -0.4 is 4.74 Å². The van der Waals surface area contributed by atoms with Gasteiger partial charge in [0, 0.05) is 26.3 Å². The fourth-order valence-corrected chi connectivity index (χ4v) is 6.49. The predicted molar refractivity (Wildman–Crippen MR) is 126 cm³/mol. The number of methoxy groups -OCH3 is 1. The molecule has 2 heterocycles. The zero-order valence-corrected chi connectivity index (χ0v) is 19.4. The van der Waals surface area contributed by atoms with Crippen LogP contribution in [0.25, 0.3) is 0 Å². The van der Waals surface area contributed by atoms with Crippen molar-refractivity contribution < 1.29 is 14.3 Å². The standard InChI is InChI=1S/C28H35NO3/c1-20-5-3-7-24(15-20)28(11-13-32-14-12-28)27(30)29-18-23-10-9-22(26(23)19-29)16-21-6-4-8-25(17-21)31-2/h3-8,15,17,22-23,26H,9-14,16,18-19H2,1-2H3/t22-,23-,26-/m1/s1. The topological polar surface area (TPSA) is 38.8 Å². The highest BCUT2D eigenvalue weighted by Gasteiger charge is 2.49. The molecule has 2 aromatic rings. The van der Waals surface area contributed by atoms with Crippen molar-refractivity contribution in [2.75, 3.05) is 33.4 Å². The van der Waals surface area contributed by atoms with Crippen LogP contribution in [0, 0.1) is 24.7 Å². The molecule has 2 saturated heterocycles. The van der Waals surface area contributed by atoms with Crippen LogP contribution in [0.3, 0.4) is 0 Å². The zero-order chi connectivity index (χ0) is 22.1. The summed E-state index contributed by atoms with van der Waals surface area (Å²) in [6, 6.07) is 17.0. The van der Waals surface area contributed by atoms with E-state index in [4.69, 9.17) is 9.47 Å². The summed E-state index contributed by atoms with van der Waals surface area (Å²) in [6.07, 6.45) is 5.16. The predicted octanol–water partition coefficient (Wildman–Crippen LogP) is 4.78. The lowest BCUT2D eigenvalue weighted by atomic mass is 9.72. The molecule has 5 rings (SSSR count). The molecule has 0 aromatic heterocycles. The Bertz CT molecular complexity index is 965. The Morgan fingerprint density at radius 1 is 1.09 bits per heavy atom. The van der Waals surface area contributed by atoms with Crippen molar-refractivity contribution >= 4 is 5.91 Å². The molecule has 4 nitrogen and oxygen atoms in total. The number of aryl methyl sites for hydroxylation is 1. The number of carbonyl (C=O) groups excluding carboxylic acids is 1.